The first-order chi connectivity index (χ1) is 14.5. The van der Waals surface area contributed by atoms with Crippen LogP contribution in [-0.2, 0) is 9.59 Å². The summed E-state index contributed by atoms with van der Waals surface area (Å²) >= 11 is 0. The van der Waals surface area contributed by atoms with E-state index in [4.69, 9.17) is 4.74 Å². The number of aliphatic hydroxyl groups excluding tert-OH is 1. The van der Waals surface area contributed by atoms with Gasteiger partial charge in [-0.1, -0.05) is 48.5 Å². The molecule has 150 valence electrons. The van der Waals surface area contributed by atoms with Crippen molar-refractivity contribution in [2.75, 3.05) is 12.0 Å². The quantitative estimate of drug-likeness (QED) is 0.397. The monoisotopic (exact) mass is 403 g/mol. The Bertz CT molecular complexity index is 1140. The Morgan fingerprint density at radius 2 is 1.57 bits per heavy atom. The molecule has 1 aliphatic heterocycles. The molecule has 0 saturated carbocycles. The number of rotatable bonds is 4. The molecule has 0 radical (unpaired) electrons. The molecule has 1 heterocycles. The van der Waals surface area contributed by atoms with Gasteiger partial charge in [-0.25, -0.2) is 4.39 Å². The number of methoxy groups -OCH3 is 1. The van der Waals surface area contributed by atoms with Crippen molar-refractivity contribution < 1.29 is 23.8 Å². The summed E-state index contributed by atoms with van der Waals surface area (Å²) in [5.41, 5.74) is 1.22. The minimum Gasteiger partial charge on any atom is -0.507 e. The first-order valence-electron chi connectivity index (χ1n) is 9.28. The summed E-state index contributed by atoms with van der Waals surface area (Å²) in [7, 11) is 1.49. The number of halogens is 1. The lowest BCUT2D eigenvalue weighted by Crippen LogP contribution is -2.29. The van der Waals surface area contributed by atoms with Crippen molar-refractivity contribution in [2.45, 2.75) is 6.04 Å². The molecular weight excluding hydrogens is 385 g/mol. The van der Waals surface area contributed by atoms with Crippen LogP contribution in [0, 0.1) is 5.82 Å². The van der Waals surface area contributed by atoms with Gasteiger partial charge in [-0.05, 0) is 30.3 Å². The first-order valence-corrected chi connectivity index (χ1v) is 9.28. The van der Waals surface area contributed by atoms with Crippen molar-refractivity contribution in [3.8, 4) is 5.75 Å². The summed E-state index contributed by atoms with van der Waals surface area (Å²) in [5, 5.41) is 11.0. The van der Waals surface area contributed by atoms with Gasteiger partial charge < -0.3 is 9.84 Å². The summed E-state index contributed by atoms with van der Waals surface area (Å²) in [5.74, 6) is -1.93. The minimum absolute atomic E-state index is 0.0555. The van der Waals surface area contributed by atoms with Crippen LogP contribution in [0.15, 0.2) is 84.4 Å². The number of Topliss-reactive ketones (excluding diaryl/α,β-unsaturated/α-hetero) is 1. The Morgan fingerprint density at radius 1 is 0.933 bits per heavy atom. The maximum atomic E-state index is 13.5. The van der Waals surface area contributed by atoms with Gasteiger partial charge in [0, 0.05) is 16.8 Å². The van der Waals surface area contributed by atoms with Gasteiger partial charge in [0.2, 0.25) is 0 Å². The highest BCUT2D eigenvalue weighted by Gasteiger charge is 2.47. The van der Waals surface area contributed by atoms with Gasteiger partial charge >= 0.3 is 0 Å². The van der Waals surface area contributed by atoms with Gasteiger partial charge in [-0.3, -0.25) is 14.5 Å². The van der Waals surface area contributed by atoms with Crippen LogP contribution in [0.2, 0.25) is 0 Å². The van der Waals surface area contributed by atoms with Crippen molar-refractivity contribution >= 4 is 23.1 Å². The fraction of sp³-hybridized carbons (Fsp3) is 0.0833. The number of amides is 1. The van der Waals surface area contributed by atoms with E-state index in [0.717, 1.165) is 0 Å². The van der Waals surface area contributed by atoms with E-state index in [1.165, 1.54) is 36.3 Å². The Kier molecular flexibility index (Phi) is 5.06. The fourth-order valence-corrected chi connectivity index (χ4v) is 3.64. The number of anilines is 1. The number of hydrogen-bond acceptors (Lipinski definition) is 4. The molecule has 30 heavy (non-hydrogen) atoms. The van der Waals surface area contributed by atoms with Crippen LogP contribution >= 0.6 is 0 Å². The van der Waals surface area contributed by atoms with Gasteiger partial charge in [0.25, 0.3) is 11.7 Å². The lowest BCUT2D eigenvalue weighted by Gasteiger charge is -2.26. The molecule has 0 spiro atoms. The van der Waals surface area contributed by atoms with Gasteiger partial charge in [0.15, 0.2) is 0 Å². The van der Waals surface area contributed by atoms with Crippen molar-refractivity contribution in [1.29, 1.82) is 0 Å². The lowest BCUT2D eigenvalue weighted by atomic mass is 9.94. The lowest BCUT2D eigenvalue weighted by molar-refractivity contribution is -0.132. The molecular formula is C24H18FNO4. The van der Waals surface area contributed by atoms with E-state index >= 15 is 0 Å². The van der Waals surface area contributed by atoms with Gasteiger partial charge in [0.05, 0.1) is 18.7 Å². The molecule has 4 rings (SSSR count). The minimum atomic E-state index is -0.938. The zero-order valence-electron chi connectivity index (χ0n) is 16.1. The molecule has 1 aliphatic rings. The van der Waals surface area contributed by atoms with Gasteiger partial charge in [-0.15, -0.1) is 0 Å². The molecule has 0 aliphatic carbocycles. The topological polar surface area (TPSA) is 66.8 Å². The van der Waals surface area contributed by atoms with Gasteiger partial charge in [0.1, 0.15) is 17.3 Å². The molecule has 1 N–H and O–H groups in total. The average molecular weight is 403 g/mol. The highest BCUT2D eigenvalue weighted by Crippen LogP contribution is 2.44. The molecule has 6 heteroatoms. The molecule has 1 atom stereocenters. The number of carbonyl (C=O) groups excluding carboxylic acids is 2. The Labute approximate surface area is 172 Å². The first kappa shape index (κ1) is 19.4. The van der Waals surface area contributed by atoms with Crippen LogP contribution in [0.25, 0.3) is 5.76 Å². The normalized spacial score (nSPS) is 17.9. The molecule has 1 amide bonds. The van der Waals surface area contributed by atoms with Crippen LogP contribution in [0.3, 0.4) is 0 Å². The Balaban J connectivity index is 1.98. The summed E-state index contributed by atoms with van der Waals surface area (Å²) in [6.07, 6.45) is 0. The third-order valence-corrected chi connectivity index (χ3v) is 5.03. The van der Waals surface area contributed by atoms with Crippen molar-refractivity contribution in [2.24, 2.45) is 0 Å². The molecule has 1 fully saturated rings. The molecule has 5 nitrogen and oxygen atoms in total. The predicted octanol–water partition coefficient (Wildman–Crippen LogP) is 4.46. The van der Waals surface area contributed by atoms with Crippen LogP contribution < -0.4 is 9.64 Å². The number of para-hydroxylation sites is 1. The van der Waals surface area contributed by atoms with E-state index in [9.17, 15) is 19.1 Å². The molecule has 3 aromatic carbocycles. The highest BCUT2D eigenvalue weighted by atomic mass is 19.1. The fourth-order valence-electron chi connectivity index (χ4n) is 3.64. The zero-order valence-corrected chi connectivity index (χ0v) is 16.1. The Hall–Kier alpha value is -3.93. The van der Waals surface area contributed by atoms with Gasteiger partial charge in [-0.2, -0.15) is 0 Å². The molecule has 3 aromatic rings. The molecule has 0 aromatic heterocycles. The second-order valence-corrected chi connectivity index (χ2v) is 6.75. The molecule has 1 saturated heterocycles. The third kappa shape index (κ3) is 3.22. The van der Waals surface area contributed by atoms with Crippen LogP contribution in [0.4, 0.5) is 10.1 Å². The van der Waals surface area contributed by atoms with E-state index in [1.54, 1.807) is 54.6 Å². The van der Waals surface area contributed by atoms with Crippen molar-refractivity contribution in [3.05, 3.63) is 101 Å². The second-order valence-electron chi connectivity index (χ2n) is 6.75. The number of nitrogens with zero attached hydrogens (tertiary/aromatic N) is 1. The summed E-state index contributed by atoms with van der Waals surface area (Å²) in [4.78, 5) is 27.3. The summed E-state index contributed by atoms with van der Waals surface area (Å²) in [6, 6.07) is 19.8. The van der Waals surface area contributed by atoms with E-state index in [2.05, 4.69) is 0 Å². The average Bonchev–Trinajstić information content (AvgIpc) is 3.05. The van der Waals surface area contributed by atoms with Crippen LogP contribution in [0.5, 0.6) is 5.75 Å². The second kappa shape index (κ2) is 7.83. The molecule has 0 bridgehead atoms. The van der Waals surface area contributed by atoms with Crippen LogP contribution in [-0.4, -0.2) is 23.9 Å². The number of benzene rings is 3. The molecule has 0 unspecified atom stereocenters. The van der Waals surface area contributed by atoms with E-state index in [0.29, 0.717) is 22.6 Å². The standard InChI is InChI=1S/C24H18FNO4/c1-30-19-10-6-5-9-18(19)21-20(22(27)15-7-3-2-4-8-15)23(28)24(29)26(21)17-13-11-16(25)12-14-17/h2-14,21,27H,1H3/t21-/m0/s1. The summed E-state index contributed by atoms with van der Waals surface area (Å²) < 4.78 is 18.9. The largest absolute Gasteiger partial charge is 0.507 e. The smallest absolute Gasteiger partial charge is 0.300 e. The summed E-state index contributed by atoms with van der Waals surface area (Å²) in [6.45, 7) is 0. The maximum absolute atomic E-state index is 13.5. The Morgan fingerprint density at radius 3 is 2.23 bits per heavy atom. The maximum Gasteiger partial charge on any atom is 0.300 e. The SMILES string of the molecule is COc1ccccc1[C@H]1C(=C(O)c2ccccc2)C(=O)C(=O)N1c1ccc(F)cc1. The highest BCUT2D eigenvalue weighted by molar-refractivity contribution is 6.51. The number of ketones is 1. The van der Waals surface area contributed by atoms with Crippen molar-refractivity contribution in [1.82, 2.24) is 0 Å². The zero-order chi connectivity index (χ0) is 21.3. The number of carbonyl (C=O) groups is 2. The van der Waals surface area contributed by atoms with E-state index in [-0.39, 0.29) is 11.3 Å². The van der Waals surface area contributed by atoms with E-state index in [1.807, 2.05) is 0 Å². The van der Waals surface area contributed by atoms with E-state index < -0.39 is 23.5 Å². The third-order valence-electron chi connectivity index (χ3n) is 5.03. The predicted molar refractivity (Wildman–Crippen MR) is 111 cm³/mol. The van der Waals surface area contributed by atoms with Crippen LogP contribution in [0.1, 0.15) is 17.2 Å². The number of ether oxygens (including phenoxy) is 1. The number of aliphatic hydroxyl groups is 1. The number of hydrogen-bond donors (Lipinski definition) is 1. The van der Waals surface area contributed by atoms with Crippen molar-refractivity contribution in [3.63, 3.8) is 0 Å².